The fourth-order valence-corrected chi connectivity index (χ4v) is 1.89. The topological polar surface area (TPSA) is 81.4 Å². The minimum absolute atomic E-state index is 0.0199. The second kappa shape index (κ2) is 5.83. The summed E-state index contributed by atoms with van der Waals surface area (Å²) in [5.74, 6) is 0.294. The summed E-state index contributed by atoms with van der Waals surface area (Å²) in [6.45, 7) is 3.90. The van der Waals surface area contributed by atoms with Gasteiger partial charge in [-0.25, -0.2) is 13.6 Å². The van der Waals surface area contributed by atoms with Crippen LogP contribution in [-0.2, 0) is 10.0 Å². The summed E-state index contributed by atoms with van der Waals surface area (Å²) in [5, 5.41) is 8.14. The van der Waals surface area contributed by atoms with E-state index in [1.54, 1.807) is 18.2 Å². The molecule has 0 unspecified atom stereocenters. The van der Waals surface area contributed by atoms with Crippen molar-refractivity contribution < 1.29 is 13.2 Å². The number of para-hydroxylation sites is 1. The molecule has 6 heteroatoms. The van der Waals surface area contributed by atoms with Crippen molar-refractivity contribution in [3.8, 4) is 5.75 Å². The monoisotopic (exact) mass is 244 g/mol. The Morgan fingerprint density at radius 3 is 2.69 bits per heavy atom. The summed E-state index contributed by atoms with van der Waals surface area (Å²) in [5.41, 5.74) is 0. The Labute approximate surface area is 95.7 Å². The quantitative estimate of drug-likeness (QED) is 0.706. The highest BCUT2D eigenvalue weighted by Crippen LogP contribution is 2.21. The van der Waals surface area contributed by atoms with Gasteiger partial charge in [-0.15, -0.1) is 0 Å². The van der Waals surface area contributed by atoms with Gasteiger partial charge in [0.05, 0.1) is 0 Å². The lowest BCUT2D eigenvalue weighted by Gasteiger charge is -2.09. The predicted molar refractivity (Wildman–Crippen MR) is 61.9 cm³/mol. The van der Waals surface area contributed by atoms with Gasteiger partial charge in [-0.3, -0.25) is 0 Å². The van der Waals surface area contributed by atoms with E-state index < -0.39 is 10.0 Å². The highest BCUT2D eigenvalue weighted by molar-refractivity contribution is 7.89. The highest BCUT2D eigenvalue weighted by Gasteiger charge is 2.13. The zero-order valence-corrected chi connectivity index (χ0v) is 9.96. The predicted octanol–water partition coefficient (Wildman–Crippen LogP) is 0.322. The van der Waals surface area contributed by atoms with Gasteiger partial charge in [0.15, 0.2) is 0 Å². The van der Waals surface area contributed by atoms with Crippen LogP contribution in [0.15, 0.2) is 29.2 Å². The summed E-state index contributed by atoms with van der Waals surface area (Å²) in [6, 6.07) is 6.33. The molecule has 3 N–H and O–H groups in total. The first-order valence-electron chi connectivity index (χ1n) is 5.01. The van der Waals surface area contributed by atoms with Crippen molar-refractivity contribution in [2.45, 2.75) is 11.8 Å². The summed E-state index contributed by atoms with van der Waals surface area (Å²) in [7, 11) is -3.72. The largest absolute Gasteiger partial charge is 0.491 e. The number of hydrogen-bond donors (Lipinski definition) is 2. The molecule has 0 heterocycles. The van der Waals surface area contributed by atoms with Gasteiger partial charge in [0, 0.05) is 6.54 Å². The minimum atomic E-state index is -3.72. The lowest BCUT2D eigenvalue weighted by Crippen LogP contribution is -2.21. The molecular formula is C10H16N2O3S. The van der Waals surface area contributed by atoms with E-state index in [0.29, 0.717) is 18.9 Å². The molecule has 16 heavy (non-hydrogen) atoms. The van der Waals surface area contributed by atoms with Crippen LogP contribution in [-0.4, -0.2) is 28.1 Å². The first kappa shape index (κ1) is 13.0. The lowest BCUT2D eigenvalue weighted by atomic mass is 10.3. The molecule has 0 aliphatic heterocycles. The molecule has 0 saturated carbocycles. The van der Waals surface area contributed by atoms with Crippen molar-refractivity contribution in [1.82, 2.24) is 5.32 Å². The fourth-order valence-electron chi connectivity index (χ4n) is 1.21. The molecule has 1 aromatic rings. The maximum atomic E-state index is 11.2. The van der Waals surface area contributed by atoms with E-state index in [-0.39, 0.29) is 4.90 Å². The fraction of sp³-hybridized carbons (Fsp3) is 0.400. The van der Waals surface area contributed by atoms with Crippen LogP contribution in [0, 0.1) is 0 Å². The first-order valence-corrected chi connectivity index (χ1v) is 6.55. The maximum absolute atomic E-state index is 11.2. The Morgan fingerprint density at radius 2 is 2.06 bits per heavy atom. The first-order chi connectivity index (χ1) is 7.55. The Hall–Kier alpha value is -1.11. The molecule has 0 bridgehead atoms. The van der Waals surface area contributed by atoms with Crippen molar-refractivity contribution in [3.05, 3.63) is 24.3 Å². The Bertz CT molecular complexity index is 431. The number of ether oxygens (including phenoxy) is 1. The number of nitrogens with one attached hydrogen (secondary N) is 1. The van der Waals surface area contributed by atoms with Gasteiger partial charge in [0.25, 0.3) is 0 Å². The van der Waals surface area contributed by atoms with E-state index in [1.165, 1.54) is 6.07 Å². The van der Waals surface area contributed by atoms with Crippen LogP contribution in [0.2, 0.25) is 0 Å². The van der Waals surface area contributed by atoms with Crippen molar-refractivity contribution in [2.75, 3.05) is 19.7 Å². The third-order valence-electron chi connectivity index (χ3n) is 1.94. The Balaban J connectivity index is 2.73. The molecule has 0 amide bonds. The van der Waals surface area contributed by atoms with Crippen LogP contribution in [0.1, 0.15) is 6.92 Å². The molecule has 1 rings (SSSR count). The zero-order valence-electron chi connectivity index (χ0n) is 9.14. The molecule has 1 aromatic carbocycles. The molecule has 5 nitrogen and oxygen atoms in total. The second-order valence-corrected chi connectivity index (χ2v) is 4.72. The number of hydrogen-bond acceptors (Lipinski definition) is 4. The molecule has 0 radical (unpaired) electrons. The number of benzene rings is 1. The molecule has 0 aliphatic carbocycles. The van der Waals surface area contributed by atoms with E-state index in [9.17, 15) is 8.42 Å². The minimum Gasteiger partial charge on any atom is -0.491 e. The van der Waals surface area contributed by atoms with Gasteiger partial charge in [-0.2, -0.15) is 0 Å². The van der Waals surface area contributed by atoms with Crippen molar-refractivity contribution in [3.63, 3.8) is 0 Å². The number of sulfonamides is 1. The van der Waals surface area contributed by atoms with Crippen LogP contribution >= 0.6 is 0 Å². The number of rotatable bonds is 6. The van der Waals surface area contributed by atoms with Gasteiger partial charge in [-0.05, 0) is 18.7 Å². The zero-order chi connectivity index (χ0) is 12.0. The third kappa shape index (κ3) is 3.80. The summed E-state index contributed by atoms with van der Waals surface area (Å²) >= 11 is 0. The number of likely N-dealkylation sites (N-methyl/N-ethyl adjacent to an activating group) is 1. The summed E-state index contributed by atoms with van der Waals surface area (Å²) in [4.78, 5) is 0.0199. The average molecular weight is 244 g/mol. The van der Waals surface area contributed by atoms with E-state index in [1.807, 2.05) is 6.92 Å². The van der Waals surface area contributed by atoms with Gasteiger partial charge < -0.3 is 10.1 Å². The normalized spacial score (nSPS) is 11.4. The number of nitrogens with two attached hydrogens (primary N) is 1. The van der Waals surface area contributed by atoms with Crippen LogP contribution < -0.4 is 15.2 Å². The van der Waals surface area contributed by atoms with E-state index in [0.717, 1.165) is 6.54 Å². The smallest absolute Gasteiger partial charge is 0.241 e. The Kier molecular flexibility index (Phi) is 4.72. The van der Waals surface area contributed by atoms with E-state index >= 15 is 0 Å². The molecule has 0 fully saturated rings. The number of primary sulfonamides is 1. The highest BCUT2D eigenvalue weighted by atomic mass is 32.2. The van der Waals surface area contributed by atoms with Gasteiger partial charge in [0.2, 0.25) is 10.0 Å². The van der Waals surface area contributed by atoms with E-state index in [2.05, 4.69) is 5.32 Å². The lowest BCUT2D eigenvalue weighted by molar-refractivity contribution is 0.307. The van der Waals surface area contributed by atoms with Crippen LogP contribution in [0.4, 0.5) is 0 Å². The average Bonchev–Trinajstić information content (AvgIpc) is 2.24. The molecule has 90 valence electrons. The van der Waals surface area contributed by atoms with Crippen molar-refractivity contribution in [1.29, 1.82) is 0 Å². The SMILES string of the molecule is CCNCCOc1ccccc1S(N)(=O)=O. The van der Waals surface area contributed by atoms with Crippen LogP contribution in [0.5, 0.6) is 5.75 Å². The third-order valence-corrected chi connectivity index (χ3v) is 2.89. The van der Waals surface area contributed by atoms with Gasteiger partial charge in [0.1, 0.15) is 17.3 Å². The van der Waals surface area contributed by atoms with Crippen molar-refractivity contribution in [2.24, 2.45) is 5.14 Å². The standard InChI is InChI=1S/C10H16N2O3S/c1-2-12-7-8-15-9-5-3-4-6-10(9)16(11,13)14/h3-6,12H,2,7-8H2,1H3,(H2,11,13,14). The van der Waals surface area contributed by atoms with Gasteiger partial charge >= 0.3 is 0 Å². The summed E-state index contributed by atoms with van der Waals surface area (Å²) < 4.78 is 27.8. The van der Waals surface area contributed by atoms with Crippen LogP contribution in [0.25, 0.3) is 0 Å². The summed E-state index contributed by atoms with van der Waals surface area (Å²) in [6.07, 6.45) is 0. The Morgan fingerprint density at radius 1 is 1.38 bits per heavy atom. The van der Waals surface area contributed by atoms with E-state index in [4.69, 9.17) is 9.88 Å². The van der Waals surface area contributed by atoms with Crippen LogP contribution in [0.3, 0.4) is 0 Å². The van der Waals surface area contributed by atoms with Crippen molar-refractivity contribution >= 4 is 10.0 Å². The maximum Gasteiger partial charge on any atom is 0.241 e. The molecule has 0 spiro atoms. The molecular weight excluding hydrogens is 228 g/mol. The second-order valence-electron chi connectivity index (χ2n) is 3.19. The molecule has 0 saturated heterocycles. The van der Waals surface area contributed by atoms with Gasteiger partial charge in [-0.1, -0.05) is 19.1 Å². The molecule has 0 aromatic heterocycles. The molecule has 0 aliphatic rings. The molecule has 0 atom stereocenters.